The topological polar surface area (TPSA) is 27.7 Å². The molecule has 0 saturated heterocycles. The normalized spacial score (nSPS) is 13.6. The van der Waals surface area contributed by atoms with Crippen LogP contribution in [0.2, 0.25) is 32.7 Å². The first kappa shape index (κ1) is 16.0. The van der Waals surface area contributed by atoms with Crippen molar-refractivity contribution in [1.82, 2.24) is 0 Å². The molecule has 0 aliphatic rings. The van der Waals surface area contributed by atoms with Gasteiger partial charge in [0.2, 0.25) is 16.6 Å². The Morgan fingerprint density at radius 1 is 0.812 bits per heavy atom. The Morgan fingerprint density at radius 2 is 1.12 bits per heavy atom. The first-order valence-corrected chi connectivity index (χ1v) is 13.5. The van der Waals surface area contributed by atoms with Crippen LogP contribution in [0.5, 0.6) is 0 Å². The standard InChI is InChI=1S/C10H24O3Si3/c1-9-14(4,5)12-16(8,11-3)13-15(6,7)10-2/h9-10H,1-2H2,3-8H3. The Morgan fingerprint density at radius 3 is 1.31 bits per heavy atom. The van der Waals surface area contributed by atoms with Gasteiger partial charge in [-0.15, -0.1) is 13.2 Å². The average molecular weight is 277 g/mol. The number of rotatable bonds is 7. The molecule has 0 fully saturated rings. The zero-order valence-corrected chi connectivity index (χ0v) is 14.3. The van der Waals surface area contributed by atoms with Crippen LogP contribution < -0.4 is 0 Å². The molecule has 0 spiro atoms. The second kappa shape index (κ2) is 5.56. The third-order valence-electron chi connectivity index (χ3n) is 2.25. The zero-order valence-electron chi connectivity index (χ0n) is 11.3. The van der Waals surface area contributed by atoms with E-state index in [2.05, 4.69) is 39.3 Å². The lowest BCUT2D eigenvalue weighted by atomic mass is 11.3. The van der Waals surface area contributed by atoms with Gasteiger partial charge in [-0.2, -0.15) is 0 Å². The Labute approximate surface area is 103 Å². The summed E-state index contributed by atoms with van der Waals surface area (Å²) in [5.74, 6) is 0. The fraction of sp³-hybridized carbons (Fsp3) is 0.600. The lowest BCUT2D eigenvalue weighted by molar-refractivity contribution is 0.210. The zero-order chi connectivity index (χ0) is 13.0. The molecule has 0 aromatic heterocycles. The average Bonchev–Trinajstić information content (AvgIpc) is 2.16. The number of hydrogen-bond acceptors (Lipinski definition) is 3. The van der Waals surface area contributed by atoms with Crippen molar-refractivity contribution in [3.8, 4) is 0 Å². The minimum absolute atomic E-state index is 1.65. The maximum absolute atomic E-state index is 6.06. The van der Waals surface area contributed by atoms with Crippen LogP contribution in [0.4, 0.5) is 0 Å². The Hall–Kier alpha value is 0.0106. The predicted molar refractivity (Wildman–Crippen MR) is 76.2 cm³/mol. The van der Waals surface area contributed by atoms with E-state index in [-0.39, 0.29) is 0 Å². The summed E-state index contributed by atoms with van der Waals surface area (Å²) < 4.78 is 17.6. The van der Waals surface area contributed by atoms with E-state index in [1.165, 1.54) is 0 Å². The van der Waals surface area contributed by atoms with Crippen LogP contribution in [0, 0.1) is 0 Å². The second-order valence-electron chi connectivity index (χ2n) is 4.89. The van der Waals surface area contributed by atoms with E-state index in [0.29, 0.717) is 0 Å². The van der Waals surface area contributed by atoms with Crippen LogP contribution in [0.3, 0.4) is 0 Å². The van der Waals surface area contributed by atoms with Gasteiger partial charge in [0.25, 0.3) is 0 Å². The molecule has 3 nitrogen and oxygen atoms in total. The van der Waals surface area contributed by atoms with Crippen LogP contribution in [0.1, 0.15) is 0 Å². The summed E-state index contributed by atoms with van der Waals surface area (Å²) in [7, 11) is -4.67. The first-order chi connectivity index (χ1) is 7.10. The fourth-order valence-electron chi connectivity index (χ4n) is 1.14. The summed E-state index contributed by atoms with van der Waals surface area (Å²) >= 11 is 0. The van der Waals surface area contributed by atoms with Crippen molar-refractivity contribution in [2.75, 3.05) is 7.11 Å². The van der Waals surface area contributed by atoms with E-state index < -0.39 is 25.4 Å². The molecule has 6 heteroatoms. The molecule has 0 bridgehead atoms. The van der Waals surface area contributed by atoms with E-state index in [4.69, 9.17) is 12.7 Å². The molecule has 0 saturated carbocycles. The van der Waals surface area contributed by atoms with Gasteiger partial charge >= 0.3 is 8.80 Å². The molecule has 0 unspecified atom stereocenters. The molecule has 0 amide bonds. The van der Waals surface area contributed by atoms with Crippen LogP contribution in [-0.4, -0.2) is 32.5 Å². The van der Waals surface area contributed by atoms with E-state index in [1.807, 2.05) is 17.9 Å². The molecule has 0 rings (SSSR count). The van der Waals surface area contributed by atoms with Crippen molar-refractivity contribution in [2.45, 2.75) is 32.7 Å². The fourth-order valence-corrected chi connectivity index (χ4v) is 10.7. The smallest absolute Gasteiger partial charge is 0.412 e. The maximum Gasteiger partial charge on any atom is 0.476 e. The van der Waals surface area contributed by atoms with Crippen molar-refractivity contribution in [3.63, 3.8) is 0 Å². The summed E-state index contributed by atoms with van der Waals surface area (Å²) in [4.78, 5) is 0. The summed E-state index contributed by atoms with van der Waals surface area (Å²) in [6, 6.07) is 0. The Balaban J connectivity index is 4.79. The van der Waals surface area contributed by atoms with Crippen LogP contribution in [-0.2, 0) is 12.7 Å². The summed E-state index contributed by atoms with van der Waals surface area (Å²) in [5.41, 5.74) is 3.78. The summed E-state index contributed by atoms with van der Waals surface area (Å²) in [6.07, 6.45) is 0. The van der Waals surface area contributed by atoms with E-state index in [0.717, 1.165) is 0 Å². The summed E-state index contributed by atoms with van der Waals surface area (Å²) in [5, 5.41) is 0. The predicted octanol–water partition coefficient (Wildman–Crippen LogP) is 3.10. The monoisotopic (exact) mass is 276 g/mol. The van der Waals surface area contributed by atoms with E-state index in [9.17, 15) is 0 Å². The van der Waals surface area contributed by atoms with Crippen molar-refractivity contribution in [2.24, 2.45) is 0 Å². The lowest BCUT2D eigenvalue weighted by Gasteiger charge is -2.36. The molecule has 0 N–H and O–H groups in total. The molecule has 0 radical (unpaired) electrons. The first-order valence-electron chi connectivity index (χ1n) is 5.32. The lowest BCUT2D eigenvalue weighted by Crippen LogP contribution is -2.54. The third kappa shape index (κ3) is 5.37. The Bertz CT molecular complexity index is 242. The highest BCUT2D eigenvalue weighted by Gasteiger charge is 2.43. The van der Waals surface area contributed by atoms with Gasteiger partial charge in [-0.3, -0.25) is 0 Å². The number of hydrogen-bond donors (Lipinski definition) is 0. The van der Waals surface area contributed by atoms with Gasteiger partial charge in [0, 0.05) is 13.7 Å². The molecular weight excluding hydrogens is 252 g/mol. The minimum atomic E-state index is -2.56. The minimum Gasteiger partial charge on any atom is -0.412 e. The van der Waals surface area contributed by atoms with Gasteiger partial charge in [0.05, 0.1) is 0 Å². The van der Waals surface area contributed by atoms with Crippen LogP contribution >= 0.6 is 0 Å². The van der Waals surface area contributed by atoms with E-state index >= 15 is 0 Å². The van der Waals surface area contributed by atoms with E-state index in [1.54, 1.807) is 7.11 Å². The van der Waals surface area contributed by atoms with Gasteiger partial charge < -0.3 is 12.7 Å². The molecule has 0 aromatic carbocycles. The largest absolute Gasteiger partial charge is 0.476 e. The van der Waals surface area contributed by atoms with Crippen molar-refractivity contribution >= 4 is 25.4 Å². The third-order valence-corrected chi connectivity index (χ3v) is 12.1. The van der Waals surface area contributed by atoms with Crippen LogP contribution in [0.25, 0.3) is 0 Å². The van der Waals surface area contributed by atoms with Gasteiger partial charge in [-0.1, -0.05) is 11.4 Å². The molecule has 0 heterocycles. The SMILES string of the molecule is C=C[Si](C)(C)O[Si](C)(OC)O[Si](C)(C)C=C. The molecular formula is C10H24O3Si3. The van der Waals surface area contributed by atoms with Gasteiger partial charge in [0.15, 0.2) is 0 Å². The van der Waals surface area contributed by atoms with Gasteiger partial charge in [-0.05, 0) is 26.2 Å². The molecule has 0 aliphatic carbocycles. The van der Waals surface area contributed by atoms with Crippen molar-refractivity contribution < 1.29 is 12.7 Å². The maximum atomic E-state index is 6.06. The van der Waals surface area contributed by atoms with Gasteiger partial charge in [0.1, 0.15) is 0 Å². The van der Waals surface area contributed by atoms with Gasteiger partial charge in [-0.25, -0.2) is 0 Å². The highest BCUT2D eigenvalue weighted by molar-refractivity contribution is 6.89. The molecule has 0 atom stereocenters. The van der Waals surface area contributed by atoms with Crippen molar-refractivity contribution in [3.05, 3.63) is 24.6 Å². The molecule has 0 aromatic rings. The molecule has 94 valence electrons. The Kier molecular flexibility index (Phi) is 5.57. The quantitative estimate of drug-likeness (QED) is 0.669. The highest BCUT2D eigenvalue weighted by Crippen LogP contribution is 2.21. The second-order valence-corrected chi connectivity index (χ2v) is 15.9. The van der Waals surface area contributed by atoms with Crippen LogP contribution in [0.15, 0.2) is 24.6 Å². The molecule has 0 aliphatic heterocycles. The highest BCUT2D eigenvalue weighted by atomic mass is 28.5. The van der Waals surface area contributed by atoms with Crippen molar-refractivity contribution in [1.29, 1.82) is 0 Å². The molecule has 16 heavy (non-hydrogen) atoms. The summed E-state index contributed by atoms with van der Waals surface area (Å²) in [6.45, 7) is 17.9.